The Morgan fingerprint density at radius 2 is 2.04 bits per heavy atom. The number of benzene rings is 2. The molecular formula is C17H16BrClN2O3. The first-order chi connectivity index (χ1) is 11.5. The summed E-state index contributed by atoms with van der Waals surface area (Å²) in [6, 6.07) is 11.2. The van der Waals surface area contributed by atoms with Crippen LogP contribution >= 0.6 is 27.5 Å². The van der Waals surface area contributed by atoms with Gasteiger partial charge in [0.1, 0.15) is 6.61 Å². The number of nitrogens with one attached hydrogen (secondary N) is 1. The number of hydrogen-bond acceptors (Lipinski definition) is 4. The molecule has 0 saturated heterocycles. The normalized spacial score (nSPS) is 10.7. The van der Waals surface area contributed by atoms with E-state index in [1.165, 1.54) is 13.2 Å². The average Bonchev–Trinajstić information content (AvgIpc) is 2.59. The number of rotatable bonds is 6. The first kappa shape index (κ1) is 18.3. The summed E-state index contributed by atoms with van der Waals surface area (Å²) in [6.07, 6.45) is 2.88. The molecule has 2 rings (SSSR count). The summed E-state index contributed by atoms with van der Waals surface area (Å²) in [5.41, 5.74) is 3.71. The predicted molar refractivity (Wildman–Crippen MR) is 97.8 cm³/mol. The number of carbonyl (C=O) groups excluding carboxylic acids is 1. The van der Waals surface area contributed by atoms with E-state index >= 15 is 0 Å². The van der Waals surface area contributed by atoms with Gasteiger partial charge in [0.25, 0.3) is 5.91 Å². The highest BCUT2D eigenvalue weighted by Gasteiger charge is 2.12. The Balaban J connectivity index is 2.18. The number of ether oxygens (including phenoxy) is 2. The molecule has 0 atom stereocenters. The molecule has 24 heavy (non-hydrogen) atoms. The van der Waals surface area contributed by atoms with E-state index in [0.717, 1.165) is 10.0 Å². The van der Waals surface area contributed by atoms with Gasteiger partial charge in [0.05, 0.1) is 12.1 Å². The van der Waals surface area contributed by atoms with Gasteiger partial charge in [-0.3, -0.25) is 10.2 Å². The minimum absolute atomic E-state index is 0.355. The largest absolute Gasteiger partial charge is 0.493 e. The molecular weight excluding hydrogens is 396 g/mol. The molecule has 0 saturated carbocycles. The molecule has 126 valence electrons. The van der Waals surface area contributed by atoms with E-state index in [0.29, 0.717) is 28.7 Å². The fourth-order valence-corrected chi connectivity index (χ4v) is 2.47. The molecule has 2 aromatic rings. The van der Waals surface area contributed by atoms with Gasteiger partial charge in [-0.25, -0.2) is 5.84 Å². The number of hydrazine groups is 1. The van der Waals surface area contributed by atoms with Crippen molar-refractivity contribution in [2.45, 2.75) is 6.61 Å². The van der Waals surface area contributed by atoms with Crippen LogP contribution in [0.2, 0.25) is 5.02 Å². The molecule has 0 aliphatic carbocycles. The molecule has 1 amide bonds. The van der Waals surface area contributed by atoms with Gasteiger partial charge in [-0.1, -0.05) is 39.7 Å². The van der Waals surface area contributed by atoms with Gasteiger partial charge >= 0.3 is 0 Å². The van der Waals surface area contributed by atoms with Gasteiger partial charge in [-0.05, 0) is 41.5 Å². The Labute approximate surface area is 153 Å². The SMILES string of the molecule is COc1cc(/C=C/C(=O)NN)cc(Cl)c1OCc1ccc(Br)cc1. The van der Waals surface area contributed by atoms with Crippen molar-refractivity contribution in [1.29, 1.82) is 0 Å². The van der Waals surface area contributed by atoms with Gasteiger partial charge in [0.2, 0.25) is 0 Å². The molecule has 0 aromatic heterocycles. The molecule has 0 fully saturated rings. The van der Waals surface area contributed by atoms with Gasteiger partial charge in [0, 0.05) is 10.5 Å². The van der Waals surface area contributed by atoms with Crippen molar-refractivity contribution in [3.8, 4) is 11.5 Å². The molecule has 0 spiro atoms. The van der Waals surface area contributed by atoms with Crippen LogP contribution in [-0.2, 0) is 11.4 Å². The summed E-state index contributed by atoms with van der Waals surface area (Å²) in [4.78, 5) is 11.2. The Hall–Kier alpha value is -2.02. The second kappa shape index (κ2) is 8.73. The highest BCUT2D eigenvalue weighted by Crippen LogP contribution is 2.37. The maximum atomic E-state index is 11.2. The zero-order valence-electron chi connectivity index (χ0n) is 12.9. The van der Waals surface area contributed by atoms with Crippen LogP contribution in [-0.4, -0.2) is 13.0 Å². The highest BCUT2D eigenvalue weighted by molar-refractivity contribution is 9.10. The average molecular weight is 412 g/mol. The molecule has 3 N–H and O–H groups in total. The van der Waals surface area contributed by atoms with E-state index in [-0.39, 0.29) is 0 Å². The molecule has 0 heterocycles. The zero-order valence-corrected chi connectivity index (χ0v) is 15.2. The van der Waals surface area contributed by atoms with Crippen molar-refractivity contribution in [3.05, 3.63) is 63.1 Å². The molecule has 0 bridgehead atoms. The maximum Gasteiger partial charge on any atom is 0.257 e. The number of carbonyl (C=O) groups is 1. The quantitative estimate of drug-likeness (QED) is 0.329. The van der Waals surface area contributed by atoms with E-state index in [2.05, 4.69) is 15.9 Å². The van der Waals surface area contributed by atoms with E-state index < -0.39 is 5.91 Å². The first-order valence-electron chi connectivity index (χ1n) is 6.97. The first-order valence-corrected chi connectivity index (χ1v) is 8.14. The summed E-state index contributed by atoms with van der Waals surface area (Å²) in [5, 5.41) is 0.388. The topological polar surface area (TPSA) is 73.6 Å². The Kier molecular flexibility index (Phi) is 6.66. The van der Waals surface area contributed by atoms with Crippen LogP contribution in [0, 0.1) is 0 Å². The lowest BCUT2D eigenvalue weighted by molar-refractivity contribution is -0.116. The zero-order chi connectivity index (χ0) is 17.5. The van der Waals surface area contributed by atoms with Crippen LogP contribution in [0.15, 0.2) is 46.9 Å². The molecule has 5 nitrogen and oxygen atoms in total. The molecule has 0 aliphatic rings. The van der Waals surface area contributed by atoms with Crippen molar-refractivity contribution >= 4 is 39.5 Å². The molecule has 0 aliphatic heterocycles. The van der Waals surface area contributed by atoms with Crippen LogP contribution in [0.4, 0.5) is 0 Å². The molecule has 7 heteroatoms. The third kappa shape index (κ3) is 4.99. The van der Waals surface area contributed by atoms with Crippen LogP contribution in [0.25, 0.3) is 6.08 Å². The van der Waals surface area contributed by atoms with Crippen molar-refractivity contribution in [1.82, 2.24) is 5.43 Å². The van der Waals surface area contributed by atoms with Gasteiger partial charge in [-0.2, -0.15) is 0 Å². The lowest BCUT2D eigenvalue weighted by Crippen LogP contribution is -2.27. The van der Waals surface area contributed by atoms with E-state index in [1.54, 1.807) is 18.2 Å². The molecule has 0 radical (unpaired) electrons. The molecule has 0 unspecified atom stereocenters. The monoisotopic (exact) mass is 410 g/mol. The van der Waals surface area contributed by atoms with Crippen molar-refractivity contribution in [2.24, 2.45) is 5.84 Å². The third-order valence-electron chi connectivity index (χ3n) is 3.12. The molecule has 2 aromatic carbocycles. The second-order valence-corrected chi connectivity index (χ2v) is 6.11. The van der Waals surface area contributed by atoms with E-state index in [4.69, 9.17) is 26.9 Å². The lowest BCUT2D eigenvalue weighted by Gasteiger charge is -2.13. The number of halogens is 2. The number of amides is 1. The number of methoxy groups -OCH3 is 1. The summed E-state index contributed by atoms with van der Waals surface area (Å²) in [5.74, 6) is 5.54. The van der Waals surface area contributed by atoms with Gasteiger partial charge in [0.15, 0.2) is 11.5 Å². The van der Waals surface area contributed by atoms with Crippen LogP contribution in [0.1, 0.15) is 11.1 Å². The van der Waals surface area contributed by atoms with E-state index in [9.17, 15) is 4.79 Å². The maximum absolute atomic E-state index is 11.2. The smallest absolute Gasteiger partial charge is 0.257 e. The fourth-order valence-electron chi connectivity index (χ4n) is 1.93. The van der Waals surface area contributed by atoms with Crippen molar-refractivity contribution < 1.29 is 14.3 Å². The minimum atomic E-state index is -0.416. The standard InChI is InChI=1S/C17H16BrClN2O3/c1-23-15-9-12(4-7-16(22)21-20)8-14(19)17(15)24-10-11-2-5-13(18)6-3-11/h2-9H,10,20H2,1H3,(H,21,22)/b7-4+. The Bertz CT molecular complexity index is 748. The highest BCUT2D eigenvalue weighted by atomic mass is 79.9. The second-order valence-electron chi connectivity index (χ2n) is 4.79. The summed E-state index contributed by atoms with van der Waals surface area (Å²) < 4.78 is 12.1. The van der Waals surface area contributed by atoms with Crippen LogP contribution < -0.4 is 20.7 Å². The van der Waals surface area contributed by atoms with Crippen molar-refractivity contribution in [3.63, 3.8) is 0 Å². The predicted octanol–water partition coefficient (Wildman–Crippen LogP) is 3.69. The van der Waals surface area contributed by atoms with E-state index in [1.807, 2.05) is 29.7 Å². The number of hydrogen-bond donors (Lipinski definition) is 2. The summed E-state index contributed by atoms with van der Waals surface area (Å²) >= 11 is 9.67. The third-order valence-corrected chi connectivity index (χ3v) is 3.93. The summed E-state index contributed by atoms with van der Waals surface area (Å²) in [6.45, 7) is 0.355. The Morgan fingerprint density at radius 1 is 1.33 bits per heavy atom. The number of nitrogens with two attached hydrogens (primary N) is 1. The lowest BCUT2D eigenvalue weighted by atomic mass is 10.2. The fraction of sp³-hybridized carbons (Fsp3) is 0.118. The van der Waals surface area contributed by atoms with Gasteiger partial charge in [-0.15, -0.1) is 0 Å². The van der Waals surface area contributed by atoms with Gasteiger partial charge < -0.3 is 9.47 Å². The minimum Gasteiger partial charge on any atom is -0.493 e. The van der Waals surface area contributed by atoms with Crippen molar-refractivity contribution in [2.75, 3.05) is 7.11 Å². The van der Waals surface area contributed by atoms with Crippen LogP contribution in [0.3, 0.4) is 0 Å². The summed E-state index contributed by atoms with van der Waals surface area (Å²) in [7, 11) is 1.53. The van der Waals surface area contributed by atoms with Crippen LogP contribution in [0.5, 0.6) is 11.5 Å². The Morgan fingerprint density at radius 3 is 2.67 bits per heavy atom.